The highest BCUT2D eigenvalue weighted by Gasteiger charge is 2.23. The molecule has 0 radical (unpaired) electrons. The van der Waals surface area contributed by atoms with Crippen LogP contribution in [-0.4, -0.2) is 29.3 Å². The van der Waals surface area contributed by atoms with Crippen LogP contribution in [0.1, 0.15) is 50.6 Å². The van der Waals surface area contributed by atoms with Crippen molar-refractivity contribution < 1.29 is 9.63 Å². The van der Waals surface area contributed by atoms with E-state index in [9.17, 15) is 5.11 Å². The van der Waals surface area contributed by atoms with Crippen LogP contribution in [0.3, 0.4) is 0 Å². The molecule has 2 aromatic rings. The number of thiophene rings is 1. The minimum Gasteiger partial charge on any atom is -0.384 e. The van der Waals surface area contributed by atoms with Crippen LogP contribution in [-0.2, 0) is 12.1 Å². The monoisotopic (exact) mass is 478 g/mol. The molecule has 0 amide bonds. The van der Waals surface area contributed by atoms with Gasteiger partial charge in [-0.05, 0) is 42.2 Å². The lowest BCUT2D eigenvalue weighted by Crippen LogP contribution is -2.44. The summed E-state index contributed by atoms with van der Waals surface area (Å²) in [5.41, 5.74) is 0.874. The fourth-order valence-electron chi connectivity index (χ4n) is 2.10. The zero-order valence-corrected chi connectivity index (χ0v) is 18.2. The van der Waals surface area contributed by atoms with Crippen LogP contribution in [0.4, 0.5) is 0 Å². The Kier molecular flexibility index (Phi) is 8.87. The van der Waals surface area contributed by atoms with Crippen molar-refractivity contribution in [3.63, 3.8) is 0 Å². The Morgan fingerprint density at radius 1 is 1.44 bits per heavy atom. The third-order valence-corrected chi connectivity index (χ3v) is 4.33. The maximum absolute atomic E-state index is 10.6. The number of guanidine groups is 1. The van der Waals surface area contributed by atoms with E-state index in [1.807, 2.05) is 29.8 Å². The molecule has 0 aliphatic carbocycles. The Morgan fingerprint density at radius 3 is 2.76 bits per heavy atom. The first kappa shape index (κ1) is 21.9. The molecule has 2 rings (SSSR count). The minimum atomic E-state index is -0.951. The molecule has 2 heterocycles. The number of halogens is 1. The Bertz CT molecular complexity index is 653. The van der Waals surface area contributed by atoms with Gasteiger partial charge in [0.25, 0.3) is 0 Å². The van der Waals surface area contributed by atoms with Crippen molar-refractivity contribution in [3.05, 3.63) is 39.9 Å². The number of nitrogens with zero attached hydrogens (tertiary/aromatic N) is 2. The zero-order chi connectivity index (χ0) is 17.6. The predicted molar refractivity (Wildman–Crippen MR) is 113 cm³/mol. The Balaban J connectivity index is 0.00000312. The quantitative estimate of drug-likeness (QED) is 0.323. The molecule has 0 fully saturated rings. The molecule has 1 atom stereocenters. The number of aliphatic imine (C=N–C) groups is 1. The van der Waals surface area contributed by atoms with Crippen LogP contribution in [0, 0.1) is 0 Å². The molecule has 1 unspecified atom stereocenters. The number of nitrogens with one attached hydrogen (secondary N) is 2. The molecular weight excluding hydrogens is 451 g/mol. The lowest BCUT2D eigenvalue weighted by atomic mass is 9.99. The average Bonchev–Trinajstić information content (AvgIpc) is 3.21. The van der Waals surface area contributed by atoms with Crippen LogP contribution in [0.2, 0.25) is 0 Å². The van der Waals surface area contributed by atoms with Gasteiger partial charge in [-0.25, -0.2) is 4.99 Å². The van der Waals surface area contributed by atoms with Gasteiger partial charge in [0.1, 0.15) is 12.1 Å². The van der Waals surface area contributed by atoms with Gasteiger partial charge in [0, 0.05) is 12.6 Å². The Morgan fingerprint density at radius 2 is 2.20 bits per heavy atom. The summed E-state index contributed by atoms with van der Waals surface area (Å²) in [7, 11) is 0. The number of rotatable bonds is 7. The maximum atomic E-state index is 10.6. The topological polar surface area (TPSA) is 82.7 Å². The third-order valence-electron chi connectivity index (χ3n) is 3.65. The first-order chi connectivity index (χ1) is 11.4. The van der Waals surface area contributed by atoms with Crippen molar-refractivity contribution in [2.24, 2.45) is 4.99 Å². The minimum absolute atomic E-state index is 0. The average molecular weight is 478 g/mol. The van der Waals surface area contributed by atoms with E-state index >= 15 is 0 Å². The Hall–Kier alpha value is -1.13. The van der Waals surface area contributed by atoms with Crippen LogP contribution in [0.15, 0.2) is 32.4 Å². The fraction of sp³-hybridized carbons (Fsp3) is 0.529. The molecular formula is C17H27IN4O2S. The molecule has 6 nitrogen and oxygen atoms in total. The molecule has 2 aromatic heterocycles. The van der Waals surface area contributed by atoms with E-state index in [4.69, 9.17) is 4.52 Å². The molecule has 0 saturated carbocycles. The summed E-state index contributed by atoms with van der Waals surface area (Å²) in [6.07, 6.45) is 0. The maximum Gasteiger partial charge on any atom is 0.191 e. The highest BCUT2D eigenvalue weighted by molar-refractivity contribution is 14.0. The van der Waals surface area contributed by atoms with Gasteiger partial charge >= 0.3 is 0 Å². The third kappa shape index (κ3) is 6.59. The highest BCUT2D eigenvalue weighted by Crippen LogP contribution is 2.22. The van der Waals surface area contributed by atoms with Gasteiger partial charge in [-0.15, -0.1) is 24.0 Å². The summed E-state index contributed by atoms with van der Waals surface area (Å²) >= 11 is 1.57. The van der Waals surface area contributed by atoms with Gasteiger partial charge in [0.05, 0.1) is 12.2 Å². The first-order valence-electron chi connectivity index (χ1n) is 8.15. The summed E-state index contributed by atoms with van der Waals surface area (Å²) in [6.45, 7) is 9.43. The van der Waals surface area contributed by atoms with Crippen molar-refractivity contribution in [2.75, 3.05) is 13.1 Å². The largest absolute Gasteiger partial charge is 0.384 e. The molecule has 3 N–H and O–H groups in total. The second-order valence-corrected chi connectivity index (χ2v) is 6.99. The van der Waals surface area contributed by atoms with E-state index in [-0.39, 0.29) is 24.0 Å². The fourth-order valence-corrected chi connectivity index (χ4v) is 2.89. The van der Waals surface area contributed by atoms with Gasteiger partial charge in [0.2, 0.25) is 0 Å². The van der Waals surface area contributed by atoms with Crippen LogP contribution >= 0.6 is 35.3 Å². The summed E-state index contributed by atoms with van der Waals surface area (Å²) in [4.78, 5) is 4.49. The highest BCUT2D eigenvalue weighted by atomic mass is 127. The predicted octanol–water partition coefficient (Wildman–Crippen LogP) is 3.44. The van der Waals surface area contributed by atoms with Gasteiger partial charge in [-0.1, -0.05) is 19.0 Å². The number of hydrogen-bond acceptors (Lipinski definition) is 5. The zero-order valence-electron chi connectivity index (χ0n) is 15.1. The summed E-state index contributed by atoms with van der Waals surface area (Å²) in [5, 5.41) is 24.9. The van der Waals surface area contributed by atoms with Crippen LogP contribution < -0.4 is 10.6 Å². The SMILES string of the molecule is CCNC(=NCc1cc(C(C)C)no1)NCC(C)(O)c1ccsc1.I. The summed E-state index contributed by atoms with van der Waals surface area (Å²) < 4.78 is 5.30. The van der Waals surface area contributed by atoms with Crippen molar-refractivity contribution in [1.82, 2.24) is 15.8 Å². The first-order valence-corrected chi connectivity index (χ1v) is 9.09. The van der Waals surface area contributed by atoms with Crippen molar-refractivity contribution in [2.45, 2.75) is 45.8 Å². The van der Waals surface area contributed by atoms with Crippen LogP contribution in [0.25, 0.3) is 0 Å². The lowest BCUT2D eigenvalue weighted by Gasteiger charge is -2.24. The van der Waals surface area contributed by atoms with E-state index in [0.29, 0.717) is 25.0 Å². The molecule has 0 aliphatic rings. The van der Waals surface area contributed by atoms with Gasteiger partial charge < -0.3 is 20.3 Å². The standard InChI is InChI=1S/C17H26N4O2S.HI/c1-5-18-16(19-9-14-8-15(12(2)3)21-23-14)20-11-17(4,22)13-6-7-24-10-13;/h6-8,10,12,22H,5,9,11H2,1-4H3,(H2,18,19,20);1H. The van der Waals surface area contributed by atoms with E-state index < -0.39 is 5.60 Å². The molecule has 0 spiro atoms. The van der Waals surface area contributed by atoms with Crippen molar-refractivity contribution >= 4 is 41.3 Å². The number of aliphatic hydroxyl groups is 1. The lowest BCUT2D eigenvalue weighted by molar-refractivity contribution is 0.0621. The molecule has 0 bridgehead atoms. The van der Waals surface area contributed by atoms with Crippen molar-refractivity contribution in [3.8, 4) is 0 Å². The second-order valence-electron chi connectivity index (χ2n) is 6.21. The number of hydrogen-bond donors (Lipinski definition) is 3. The van der Waals surface area contributed by atoms with Gasteiger partial charge in [0.15, 0.2) is 11.7 Å². The smallest absolute Gasteiger partial charge is 0.191 e. The second kappa shape index (κ2) is 10.1. The van der Waals surface area contributed by atoms with E-state index in [1.54, 1.807) is 18.3 Å². The molecule has 0 aromatic carbocycles. The molecule has 140 valence electrons. The molecule has 25 heavy (non-hydrogen) atoms. The van der Waals surface area contributed by atoms with Crippen LogP contribution in [0.5, 0.6) is 0 Å². The summed E-state index contributed by atoms with van der Waals surface area (Å²) in [5.74, 6) is 1.69. The normalized spacial score (nSPS) is 14.1. The number of aromatic nitrogens is 1. The van der Waals surface area contributed by atoms with Gasteiger partial charge in [-0.3, -0.25) is 0 Å². The molecule has 0 aliphatic heterocycles. The Labute approximate surface area is 170 Å². The van der Waals surface area contributed by atoms with Crippen molar-refractivity contribution in [1.29, 1.82) is 0 Å². The summed E-state index contributed by atoms with van der Waals surface area (Å²) in [6, 6.07) is 3.86. The van der Waals surface area contributed by atoms with E-state index in [2.05, 4.69) is 34.6 Å². The molecule has 8 heteroatoms. The molecule has 0 saturated heterocycles. The van der Waals surface area contributed by atoms with Gasteiger partial charge in [-0.2, -0.15) is 11.3 Å². The van der Waals surface area contributed by atoms with E-state index in [0.717, 1.165) is 23.6 Å². The van der Waals surface area contributed by atoms with E-state index in [1.165, 1.54) is 0 Å².